The zero-order valence-corrected chi connectivity index (χ0v) is 11.2. The van der Waals surface area contributed by atoms with Crippen LogP contribution in [0.5, 0.6) is 0 Å². The molecule has 0 saturated heterocycles. The summed E-state index contributed by atoms with van der Waals surface area (Å²) in [7, 11) is 0. The van der Waals surface area contributed by atoms with E-state index in [4.69, 9.17) is 17.3 Å². The summed E-state index contributed by atoms with van der Waals surface area (Å²) in [6, 6.07) is 7.09. The predicted octanol–water partition coefficient (Wildman–Crippen LogP) is 3.59. The summed E-state index contributed by atoms with van der Waals surface area (Å²) in [4.78, 5) is 15.6. The van der Waals surface area contributed by atoms with Crippen molar-refractivity contribution in [2.75, 3.05) is 11.1 Å². The van der Waals surface area contributed by atoms with Gasteiger partial charge in [-0.1, -0.05) is 23.7 Å². The van der Waals surface area contributed by atoms with Gasteiger partial charge in [0, 0.05) is 5.56 Å². The predicted molar refractivity (Wildman–Crippen MR) is 73.1 cm³/mol. The summed E-state index contributed by atoms with van der Waals surface area (Å²) in [5, 5.41) is 2.16. The minimum Gasteiger partial charge on any atom is -0.384 e. The van der Waals surface area contributed by atoms with E-state index >= 15 is 0 Å². The van der Waals surface area contributed by atoms with Gasteiger partial charge in [0.05, 0.1) is 11.3 Å². The Hall–Kier alpha value is -2.28. The average molecular weight is 316 g/mol. The van der Waals surface area contributed by atoms with Crippen molar-refractivity contribution in [1.29, 1.82) is 0 Å². The number of aromatic nitrogens is 1. The summed E-state index contributed by atoms with van der Waals surface area (Å²) in [5.74, 6) is -0.764. The largest absolute Gasteiger partial charge is 0.418 e. The number of hydrogen-bond donors (Lipinski definition) is 2. The number of carbonyl (C=O) groups excluding carboxylic acids is 1. The fourth-order valence-electron chi connectivity index (χ4n) is 1.68. The zero-order chi connectivity index (χ0) is 15.6. The number of alkyl halides is 3. The van der Waals surface area contributed by atoms with Gasteiger partial charge in [-0.2, -0.15) is 13.2 Å². The van der Waals surface area contributed by atoms with Gasteiger partial charge in [-0.3, -0.25) is 4.79 Å². The Labute approximate surface area is 122 Å². The maximum atomic E-state index is 12.8. The standard InChI is InChI=1S/C13H9ClF3N3O/c14-10-5-7(6-11(18)20-10)12(21)19-9-4-2-1-3-8(9)13(15,16)17/h1-6H,(H2,18,20)(H,19,21). The fourth-order valence-corrected chi connectivity index (χ4v) is 1.90. The molecule has 1 heterocycles. The molecule has 110 valence electrons. The summed E-state index contributed by atoms with van der Waals surface area (Å²) < 4.78 is 38.5. The lowest BCUT2D eigenvalue weighted by molar-refractivity contribution is -0.136. The molecule has 3 N–H and O–H groups in total. The van der Waals surface area contributed by atoms with Gasteiger partial charge in [-0.05, 0) is 24.3 Å². The fraction of sp³-hybridized carbons (Fsp3) is 0.0769. The third-order valence-corrected chi connectivity index (χ3v) is 2.75. The minimum absolute atomic E-state index is 0.00300. The molecule has 0 fully saturated rings. The van der Waals surface area contributed by atoms with Crippen LogP contribution in [-0.4, -0.2) is 10.9 Å². The van der Waals surface area contributed by atoms with Crippen LogP contribution >= 0.6 is 11.6 Å². The van der Waals surface area contributed by atoms with Gasteiger partial charge in [0.25, 0.3) is 5.91 Å². The first-order valence-corrected chi connectivity index (χ1v) is 6.06. The maximum absolute atomic E-state index is 12.8. The van der Waals surface area contributed by atoms with Crippen LogP contribution in [0.15, 0.2) is 36.4 Å². The number of nitrogen functional groups attached to an aromatic ring is 1. The van der Waals surface area contributed by atoms with E-state index < -0.39 is 17.6 Å². The van der Waals surface area contributed by atoms with Crippen LogP contribution in [0, 0.1) is 0 Å². The SMILES string of the molecule is Nc1cc(C(=O)Nc2ccccc2C(F)(F)F)cc(Cl)n1. The highest BCUT2D eigenvalue weighted by atomic mass is 35.5. The number of nitrogens with two attached hydrogens (primary N) is 1. The summed E-state index contributed by atoms with van der Waals surface area (Å²) in [5.41, 5.74) is 4.17. The molecule has 0 spiro atoms. The van der Waals surface area contributed by atoms with Crippen molar-refractivity contribution in [3.05, 3.63) is 52.7 Å². The Morgan fingerprint density at radius 2 is 1.90 bits per heavy atom. The van der Waals surface area contributed by atoms with Gasteiger partial charge in [-0.15, -0.1) is 0 Å². The van der Waals surface area contributed by atoms with Crippen molar-refractivity contribution in [2.24, 2.45) is 0 Å². The molecule has 2 aromatic rings. The highest BCUT2D eigenvalue weighted by Crippen LogP contribution is 2.34. The third-order valence-electron chi connectivity index (χ3n) is 2.56. The first-order valence-electron chi connectivity index (χ1n) is 5.68. The smallest absolute Gasteiger partial charge is 0.384 e. The van der Waals surface area contributed by atoms with Gasteiger partial charge >= 0.3 is 6.18 Å². The molecular weight excluding hydrogens is 307 g/mol. The molecule has 0 aliphatic heterocycles. The lowest BCUT2D eigenvalue weighted by atomic mass is 10.1. The molecule has 1 aromatic heterocycles. The molecule has 4 nitrogen and oxygen atoms in total. The molecule has 0 unspecified atom stereocenters. The van der Waals surface area contributed by atoms with Crippen molar-refractivity contribution in [3.63, 3.8) is 0 Å². The highest BCUT2D eigenvalue weighted by Gasteiger charge is 2.33. The molecule has 0 saturated carbocycles. The Balaban J connectivity index is 2.32. The van der Waals surface area contributed by atoms with E-state index in [0.29, 0.717) is 0 Å². The molecule has 0 bridgehead atoms. The van der Waals surface area contributed by atoms with Gasteiger partial charge in [0.1, 0.15) is 11.0 Å². The van der Waals surface area contributed by atoms with Crippen molar-refractivity contribution in [1.82, 2.24) is 4.98 Å². The molecule has 21 heavy (non-hydrogen) atoms. The Morgan fingerprint density at radius 1 is 1.24 bits per heavy atom. The van der Waals surface area contributed by atoms with Crippen LogP contribution in [0.25, 0.3) is 0 Å². The van der Waals surface area contributed by atoms with E-state index in [1.807, 2.05) is 0 Å². The summed E-state index contributed by atoms with van der Waals surface area (Å²) in [6.07, 6.45) is -4.57. The van der Waals surface area contributed by atoms with Crippen molar-refractivity contribution in [2.45, 2.75) is 6.18 Å². The van der Waals surface area contributed by atoms with Gasteiger partial charge in [0.2, 0.25) is 0 Å². The zero-order valence-electron chi connectivity index (χ0n) is 10.4. The van der Waals surface area contributed by atoms with E-state index in [-0.39, 0.29) is 22.2 Å². The number of carbonyl (C=O) groups is 1. The topological polar surface area (TPSA) is 68.0 Å². The van der Waals surface area contributed by atoms with Crippen LogP contribution < -0.4 is 11.1 Å². The van der Waals surface area contributed by atoms with E-state index in [1.54, 1.807) is 0 Å². The Kier molecular flexibility index (Phi) is 4.04. The normalized spacial score (nSPS) is 11.2. The number of benzene rings is 1. The van der Waals surface area contributed by atoms with Gasteiger partial charge in [0.15, 0.2) is 0 Å². The summed E-state index contributed by atoms with van der Waals surface area (Å²) >= 11 is 5.65. The molecule has 1 aromatic carbocycles. The molecule has 1 amide bonds. The lowest BCUT2D eigenvalue weighted by Gasteiger charge is -2.13. The third kappa shape index (κ3) is 3.63. The first kappa shape index (κ1) is 15.1. The average Bonchev–Trinajstić information content (AvgIpc) is 2.37. The molecule has 0 aliphatic rings. The monoisotopic (exact) mass is 315 g/mol. The second-order valence-corrected chi connectivity index (χ2v) is 4.49. The maximum Gasteiger partial charge on any atom is 0.418 e. The van der Waals surface area contributed by atoms with Gasteiger partial charge < -0.3 is 11.1 Å². The van der Waals surface area contributed by atoms with E-state index in [9.17, 15) is 18.0 Å². The van der Waals surface area contributed by atoms with Gasteiger partial charge in [-0.25, -0.2) is 4.98 Å². The van der Waals surface area contributed by atoms with Crippen LogP contribution in [0.4, 0.5) is 24.7 Å². The molecular formula is C13H9ClF3N3O. The quantitative estimate of drug-likeness (QED) is 0.832. The van der Waals surface area contributed by atoms with Crippen LogP contribution in [0.1, 0.15) is 15.9 Å². The Bertz CT molecular complexity index is 668. The number of nitrogens with one attached hydrogen (secondary N) is 1. The number of halogens is 4. The number of rotatable bonds is 2. The number of pyridine rings is 1. The van der Waals surface area contributed by atoms with Crippen molar-refractivity contribution >= 4 is 29.0 Å². The number of hydrogen-bond acceptors (Lipinski definition) is 3. The minimum atomic E-state index is -4.57. The number of amides is 1. The molecule has 2 rings (SSSR count). The van der Waals surface area contributed by atoms with E-state index in [1.165, 1.54) is 24.3 Å². The summed E-state index contributed by atoms with van der Waals surface area (Å²) in [6.45, 7) is 0. The van der Waals surface area contributed by atoms with Crippen LogP contribution in [0.2, 0.25) is 5.15 Å². The number of para-hydroxylation sites is 1. The Morgan fingerprint density at radius 3 is 2.52 bits per heavy atom. The highest BCUT2D eigenvalue weighted by molar-refractivity contribution is 6.30. The second-order valence-electron chi connectivity index (χ2n) is 4.10. The number of anilines is 2. The van der Waals surface area contributed by atoms with Crippen LogP contribution in [-0.2, 0) is 6.18 Å². The van der Waals surface area contributed by atoms with Crippen LogP contribution in [0.3, 0.4) is 0 Å². The second kappa shape index (κ2) is 5.61. The number of nitrogens with zero attached hydrogens (tertiary/aromatic N) is 1. The molecule has 0 atom stereocenters. The molecule has 8 heteroatoms. The first-order chi connectivity index (χ1) is 9.77. The van der Waals surface area contributed by atoms with Crippen molar-refractivity contribution < 1.29 is 18.0 Å². The van der Waals surface area contributed by atoms with E-state index in [0.717, 1.165) is 12.1 Å². The van der Waals surface area contributed by atoms with Crippen molar-refractivity contribution in [3.8, 4) is 0 Å². The molecule has 0 aliphatic carbocycles. The molecule has 0 radical (unpaired) electrons. The lowest BCUT2D eigenvalue weighted by Crippen LogP contribution is -2.17. The van der Waals surface area contributed by atoms with E-state index in [2.05, 4.69) is 10.3 Å².